The SMILES string of the molecule is COC(=O)[C@H]1O[C@H](OC)[C@H](OCc2ccccc2)[C@@H](OCc2ccccc2)[C@@H]1O[C@@H]1O[C@H](COC(C)=O)[C@@H](OC(C)=O)[C@@H]2OC(=O)N(C(C)=O)[C@@H]12. The van der Waals surface area contributed by atoms with Gasteiger partial charge in [-0.25, -0.2) is 14.5 Å². The first kappa shape index (κ1) is 37.8. The molecule has 0 N–H and O–H groups in total. The summed E-state index contributed by atoms with van der Waals surface area (Å²) in [5, 5.41) is 0. The van der Waals surface area contributed by atoms with E-state index in [-0.39, 0.29) is 13.2 Å². The van der Waals surface area contributed by atoms with Crippen LogP contribution in [0.1, 0.15) is 31.9 Å². The van der Waals surface area contributed by atoms with Crippen LogP contribution >= 0.6 is 0 Å². The summed E-state index contributed by atoms with van der Waals surface area (Å²) in [5.41, 5.74) is 1.61. The van der Waals surface area contributed by atoms with Crippen molar-refractivity contribution in [3.63, 3.8) is 0 Å². The molecule has 276 valence electrons. The third-order valence-electron chi connectivity index (χ3n) is 8.46. The molecule has 2 aromatic carbocycles. The number of methoxy groups -OCH3 is 2. The Labute approximate surface area is 294 Å². The van der Waals surface area contributed by atoms with Gasteiger partial charge in [-0.15, -0.1) is 0 Å². The fourth-order valence-electron chi connectivity index (χ4n) is 6.22. The zero-order chi connectivity index (χ0) is 36.7. The molecule has 0 unspecified atom stereocenters. The van der Waals surface area contributed by atoms with Crippen molar-refractivity contribution in [3.05, 3.63) is 71.8 Å². The molecular weight excluding hydrogens is 674 g/mol. The second-order valence-corrected chi connectivity index (χ2v) is 12.0. The lowest BCUT2D eigenvalue weighted by Crippen LogP contribution is -2.67. The molecule has 16 heteroatoms. The average molecular weight is 716 g/mol. The minimum Gasteiger partial charge on any atom is -0.467 e. The molecule has 0 spiro atoms. The van der Waals surface area contributed by atoms with Gasteiger partial charge in [0.15, 0.2) is 30.9 Å². The molecule has 3 fully saturated rings. The van der Waals surface area contributed by atoms with Crippen LogP contribution in [-0.4, -0.2) is 117 Å². The number of amides is 2. The van der Waals surface area contributed by atoms with E-state index in [0.29, 0.717) is 0 Å². The van der Waals surface area contributed by atoms with Gasteiger partial charge in [0, 0.05) is 27.9 Å². The molecule has 2 aromatic rings. The van der Waals surface area contributed by atoms with Crippen LogP contribution in [0, 0.1) is 0 Å². The van der Waals surface area contributed by atoms with Gasteiger partial charge in [-0.1, -0.05) is 60.7 Å². The highest BCUT2D eigenvalue weighted by Crippen LogP contribution is 2.39. The normalized spacial score (nSPS) is 30.1. The Morgan fingerprint density at radius 2 is 1.35 bits per heavy atom. The molecule has 0 bridgehead atoms. The van der Waals surface area contributed by atoms with Gasteiger partial charge in [0.1, 0.15) is 37.1 Å². The van der Waals surface area contributed by atoms with E-state index in [0.717, 1.165) is 37.0 Å². The van der Waals surface area contributed by atoms with Crippen LogP contribution in [0.25, 0.3) is 0 Å². The Morgan fingerprint density at radius 1 is 0.745 bits per heavy atom. The van der Waals surface area contributed by atoms with Crippen LogP contribution in [0.3, 0.4) is 0 Å². The first-order valence-corrected chi connectivity index (χ1v) is 16.2. The van der Waals surface area contributed by atoms with Crippen molar-refractivity contribution < 1.29 is 71.3 Å². The van der Waals surface area contributed by atoms with Crippen LogP contribution in [0.15, 0.2) is 60.7 Å². The fourth-order valence-corrected chi connectivity index (χ4v) is 6.22. The second-order valence-electron chi connectivity index (χ2n) is 12.0. The van der Waals surface area contributed by atoms with Crippen molar-refractivity contribution in [3.8, 4) is 0 Å². The molecular formula is C35H41NO15. The Bertz CT molecular complexity index is 1520. The van der Waals surface area contributed by atoms with Crippen molar-refractivity contribution in [1.82, 2.24) is 4.90 Å². The molecule has 0 aliphatic carbocycles. The van der Waals surface area contributed by atoms with E-state index in [2.05, 4.69) is 0 Å². The van der Waals surface area contributed by atoms with Crippen LogP contribution in [0.5, 0.6) is 0 Å². The topological polar surface area (TPSA) is 181 Å². The van der Waals surface area contributed by atoms with Gasteiger partial charge >= 0.3 is 24.0 Å². The summed E-state index contributed by atoms with van der Waals surface area (Å²) in [7, 11) is 2.54. The van der Waals surface area contributed by atoms with E-state index in [1.807, 2.05) is 60.7 Å². The van der Waals surface area contributed by atoms with Gasteiger partial charge < -0.3 is 47.4 Å². The molecule has 3 saturated heterocycles. The number of esters is 3. The number of ether oxygens (including phenoxy) is 10. The maximum absolute atomic E-state index is 13.4. The van der Waals surface area contributed by atoms with Crippen LogP contribution in [0.2, 0.25) is 0 Å². The molecule has 10 atom stereocenters. The van der Waals surface area contributed by atoms with Crippen LogP contribution < -0.4 is 0 Å². The summed E-state index contributed by atoms with van der Waals surface area (Å²) in [5.74, 6) is -3.01. The molecule has 2 amide bonds. The minimum absolute atomic E-state index is 0.0310. The van der Waals surface area contributed by atoms with Gasteiger partial charge in [0.05, 0.1) is 20.3 Å². The summed E-state index contributed by atoms with van der Waals surface area (Å²) in [6.45, 7) is 3.12. The highest BCUT2D eigenvalue weighted by atomic mass is 16.8. The van der Waals surface area contributed by atoms with Crippen molar-refractivity contribution >= 4 is 29.9 Å². The molecule has 3 aliphatic heterocycles. The quantitative estimate of drug-likeness (QED) is 0.217. The summed E-state index contributed by atoms with van der Waals surface area (Å²) in [4.78, 5) is 64.1. The van der Waals surface area contributed by atoms with Crippen LogP contribution in [0.4, 0.5) is 4.79 Å². The number of carbonyl (C=O) groups excluding carboxylic acids is 5. The Hall–Kier alpha value is -4.45. The average Bonchev–Trinajstić information content (AvgIpc) is 3.48. The van der Waals surface area contributed by atoms with E-state index < -0.39 is 97.9 Å². The number of rotatable bonds is 13. The maximum Gasteiger partial charge on any atom is 0.417 e. The Kier molecular flexibility index (Phi) is 12.7. The highest BCUT2D eigenvalue weighted by Gasteiger charge is 2.62. The number of hydrogen-bond acceptors (Lipinski definition) is 15. The van der Waals surface area contributed by atoms with E-state index >= 15 is 0 Å². The predicted octanol–water partition coefficient (Wildman–Crippen LogP) is 2.04. The Morgan fingerprint density at radius 3 is 1.88 bits per heavy atom. The fraction of sp³-hybridized carbons (Fsp3) is 0.514. The first-order chi connectivity index (χ1) is 24.5. The van der Waals surface area contributed by atoms with E-state index in [9.17, 15) is 24.0 Å². The lowest BCUT2D eigenvalue weighted by atomic mass is 9.94. The standard InChI is InChI=1S/C35H41NO15/c1-19(37)36-25-27(51-35(36)41)26(47-21(3)39)24(18-44-20(2)38)48-33(25)49-29-28(45-16-22-12-8-6-9-13-22)31(46-17-23-14-10-7-11-15-23)34(43-5)50-30(29)32(40)42-4/h6-15,24-31,33-34H,16-18H2,1-5H3/t24-,25-,26-,27-,28+,29+,30+,31-,33+,34+/m1/s1. The molecule has 16 nitrogen and oxygen atoms in total. The summed E-state index contributed by atoms with van der Waals surface area (Å²) >= 11 is 0. The van der Waals surface area contributed by atoms with Crippen molar-refractivity contribution in [2.45, 2.75) is 95.3 Å². The molecule has 0 aromatic heterocycles. The summed E-state index contributed by atoms with van der Waals surface area (Å²) < 4.78 is 58.8. The Balaban J connectivity index is 1.56. The number of fused-ring (bicyclic) bond motifs is 1. The van der Waals surface area contributed by atoms with Crippen molar-refractivity contribution in [2.75, 3.05) is 20.8 Å². The number of hydrogen-bond donors (Lipinski definition) is 0. The van der Waals surface area contributed by atoms with E-state index in [1.165, 1.54) is 14.0 Å². The van der Waals surface area contributed by atoms with Gasteiger partial charge in [0.2, 0.25) is 5.91 Å². The molecule has 0 saturated carbocycles. The lowest BCUT2D eigenvalue weighted by molar-refractivity contribution is -0.349. The van der Waals surface area contributed by atoms with Crippen molar-refractivity contribution in [1.29, 1.82) is 0 Å². The number of benzene rings is 2. The molecule has 0 radical (unpaired) electrons. The molecule has 3 aliphatic rings. The predicted molar refractivity (Wildman–Crippen MR) is 170 cm³/mol. The van der Waals surface area contributed by atoms with Crippen LogP contribution in [-0.2, 0) is 79.8 Å². The number of imide groups is 1. The van der Waals surface area contributed by atoms with Crippen molar-refractivity contribution in [2.24, 2.45) is 0 Å². The highest BCUT2D eigenvalue weighted by molar-refractivity contribution is 5.92. The second kappa shape index (κ2) is 17.2. The van der Waals surface area contributed by atoms with Gasteiger partial charge in [-0.2, -0.15) is 0 Å². The lowest BCUT2D eigenvalue weighted by Gasteiger charge is -2.48. The maximum atomic E-state index is 13.4. The van der Waals surface area contributed by atoms with E-state index in [1.54, 1.807) is 0 Å². The zero-order valence-corrected chi connectivity index (χ0v) is 28.7. The molecule has 51 heavy (non-hydrogen) atoms. The summed E-state index contributed by atoms with van der Waals surface area (Å²) in [6.07, 6.45) is -12.8. The molecule has 5 rings (SSSR count). The number of nitrogens with zero attached hydrogens (tertiary/aromatic N) is 1. The summed E-state index contributed by atoms with van der Waals surface area (Å²) in [6, 6.07) is 17.2. The van der Waals surface area contributed by atoms with Gasteiger partial charge in [-0.05, 0) is 11.1 Å². The smallest absolute Gasteiger partial charge is 0.417 e. The van der Waals surface area contributed by atoms with E-state index in [4.69, 9.17) is 47.4 Å². The third kappa shape index (κ3) is 8.90. The zero-order valence-electron chi connectivity index (χ0n) is 28.7. The number of carbonyl (C=O) groups is 5. The first-order valence-electron chi connectivity index (χ1n) is 16.2. The monoisotopic (exact) mass is 715 g/mol. The van der Waals surface area contributed by atoms with Gasteiger partial charge in [0.25, 0.3) is 0 Å². The third-order valence-corrected chi connectivity index (χ3v) is 8.46. The minimum atomic E-state index is -1.57. The molecule has 3 heterocycles. The largest absolute Gasteiger partial charge is 0.467 e. The van der Waals surface area contributed by atoms with Gasteiger partial charge in [-0.3, -0.25) is 14.4 Å².